The first-order valence-corrected chi connectivity index (χ1v) is 6.39. The van der Waals surface area contributed by atoms with Crippen LogP contribution in [0.15, 0.2) is 24.8 Å². The highest BCUT2D eigenvalue weighted by Crippen LogP contribution is 2.49. The van der Waals surface area contributed by atoms with Crippen molar-refractivity contribution in [3.05, 3.63) is 24.8 Å². The number of aliphatic hydroxyl groups is 2. The minimum atomic E-state index is -0.976. The zero-order valence-electron chi connectivity index (χ0n) is 11.4. The van der Waals surface area contributed by atoms with Gasteiger partial charge in [-0.15, -0.1) is 6.58 Å². The molecule has 17 heavy (non-hydrogen) atoms. The van der Waals surface area contributed by atoms with E-state index in [4.69, 9.17) is 0 Å². The Hall–Kier alpha value is -0.600. The van der Waals surface area contributed by atoms with Crippen LogP contribution in [0.5, 0.6) is 0 Å². The third kappa shape index (κ3) is 2.80. The molecule has 1 rings (SSSR count). The van der Waals surface area contributed by atoms with Crippen LogP contribution in [-0.4, -0.2) is 22.4 Å². The lowest BCUT2D eigenvalue weighted by atomic mass is 9.60. The second kappa shape index (κ2) is 4.95. The van der Waals surface area contributed by atoms with E-state index in [9.17, 15) is 10.2 Å². The van der Waals surface area contributed by atoms with Crippen LogP contribution in [0.4, 0.5) is 0 Å². The average Bonchev–Trinajstić information content (AvgIpc) is 2.28. The van der Waals surface area contributed by atoms with Crippen molar-refractivity contribution in [3.8, 4) is 0 Å². The summed E-state index contributed by atoms with van der Waals surface area (Å²) in [6.07, 6.45) is 4.83. The normalized spacial score (nSPS) is 37.2. The van der Waals surface area contributed by atoms with E-state index < -0.39 is 5.60 Å². The summed E-state index contributed by atoms with van der Waals surface area (Å²) < 4.78 is 0. The van der Waals surface area contributed by atoms with Crippen molar-refractivity contribution in [2.24, 2.45) is 17.3 Å². The molecule has 1 saturated carbocycles. The van der Waals surface area contributed by atoms with E-state index in [1.165, 1.54) is 0 Å². The van der Waals surface area contributed by atoms with Gasteiger partial charge in [0, 0.05) is 0 Å². The fraction of sp³-hybridized carbons (Fsp3) is 0.733. The van der Waals surface area contributed by atoms with Crippen molar-refractivity contribution in [3.63, 3.8) is 0 Å². The van der Waals surface area contributed by atoms with Crippen molar-refractivity contribution < 1.29 is 10.2 Å². The minimum absolute atomic E-state index is 0.0773. The van der Waals surface area contributed by atoms with Gasteiger partial charge in [-0.2, -0.15) is 0 Å². The fourth-order valence-corrected chi connectivity index (χ4v) is 3.03. The van der Waals surface area contributed by atoms with Crippen LogP contribution in [0.3, 0.4) is 0 Å². The summed E-state index contributed by atoms with van der Waals surface area (Å²) in [5.41, 5.74) is 0.246. The largest absolute Gasteiger partial charge is 0.393 e. The molecular weight excluding hydrogens is 212 g/mol. The van der Waals surface area contributed by atoms with Crippen molar-refractivity contribution in [1.82, 2.24) is 0 Å². The highest BCUT2D eigenvalue weighted by Gasteiger charge is 2.43. The molecule has 0 saturated heterocycles. The lowest BCUT2D eigenvalue weighted by Gasteiger charge is -2.46. The van der Waals surface area contributed by atoms with Gasteiger partial charge in [0.1, 0.15) is 0 Å². The van der Waals surface area contributed by atoms with Crippen LogP contribution >= 0.6 is 0 Å². The van der Waals surface area contributed by atoms with Gasteiger partial charge in [0.25, 0.3) is 0 Å². The van der Waals surface area contributed by atoms with Gasteiger partial charge in [-0.3, -0.25) is 0 Å². The molecule has 1 fully saturated rings. The lowest BCUT2D eigenvalue weighted by Crippen LogP contribution is -2.45. The maximum atomic E-state index is 10.2. The summed E-state index contributed by atoms with van der Waals surface area (Å²) in [4.78, 5) is 0. The lowest BCUT2D eigenvalue weighted by molar-refractivity contribution is -0.0731. The Morgan fingerprint density at radius 3 is 2.59 bits per heavy atom. The van der Waals surface area contributed by atoms with Gasteiger partial charge in [0.05, 0.1) is 12.2 Å². The van der Waals surface area contributed by atoms with E-state index in [2.05, 4.69) is 20.1 Å². The second-order valence-corrected chi connectivity index (χ2v) is 6.10. The first kappa shape index (κ1) is 14.5. The Morgan fingerprint density at radius 2 is 2.18 bits per heavy atom. The molecule has 0 amide bonds. The third-order valence-electron chi connectivity index (χ3n) is 4.61. The zero-order valence-corrected chi connectivity index (χ0v) is 11.4. The predicted octanol–water partition coefficient (Wildman–Crippen LogP) is 2.91. The standard InChI is InChI=1S/C15H26O2/c1-6-14(4)8-7-12(15(5,17)10-16)9-13(14)11(2)3/h6,12-13,16-17H,1-2,7-10H2,3-5H3. The second-order valence-electron chi connectivity index (χ2n) is 6.10. The molecule has 4 unspecified atom stereocenters. The predicted molar refractivity (Wildman–Crippen MR) is 71.7 cm³/mol. The topological polar surface area (TPSA) is 40.5 Å². The molecule has 0 aromatic carbocycles. The summed E-state index contributed by atoms with van der Waals surface area (Å²) in [6, 6.07) is 0. The van der Waals surface area contributed by atoms with Gasteiger partial charge in [0.15, 0.2) is 0 Å². The van der Waals surface area contributed by atoms with Crippen LogP contribution < -0.4 is 0 Å². The van der Waals surface area contributed by atoms with Gasteiger partial charge in [-0.05, 0) is 50.4 Å². The molecule has 2 nitrogen and oxygen atoms in total. The van der Waals surface area contributed by atoms with Crippen LogP contribution in [0.1, 0.15) is 40.0 Å². The molecule has 0 aromatic rings. The summed E-state index contributed by atoms with van der Waals surface area (Å²) in [5, 5.41) is 19.5. The zero-order chi connectivity index (χ0) is 13.3. The Kier molecular flexibility index (Phi) is 4.21. The molecule has 2 N–H and O–H groups in total. The average molecular weight is 238 g/mol. The maximum absolute atomic E-state index is 10.2. The molecule has 0 aliphatic heterocycles. The van der Waals surface area contributed by atoms with Crippen LogP contribution in [0, 0.1) is 17.3 Å². The van der Waals surface area contributed by atoms with E-state index >= 15 is 0 Å². The summed E-state index contributed by atoms with van der Waals surface area (Å²) >= 11 is 0. The third-order valence-corrected chi connectivity index (χ3v) is 4.61. The molecule has 0 bridgehead atoms. The first-order valence-electron chi connectivity index (χ1n) is 6.39. The quantitative estimate of drug-likeness (QED) is 0.739. The van der Waals surface area contributed by atoms with Crippen LogP contribution in [-0.2, 0) is 0 Å². The molecule has 0 spiro atoms. The van der Waals surface area contributed by atoms with Gasteiger partial charge < -0.3 is 10.2 Å². The molecule has 0 aromatic heterocycles. The van der Waals surface area contributed by atoms with Gasteiger partial charge in [-0.1, -0.05) is 25.2 Å². The molecular formula is C15H26O2. The first-order chi connectivity index (χ1) is 7.77. The van der Waals surface area contributed by atoms with Crippen LogP contribution in [0.25, 0.3) is 0 Å². The van der Waals surface area contributed by atoms with E-state index in [-0.39, 0.29) is 17.9 Å². The number of hydrogen-bond acceptors (Lipinski definition) is 2. The summed E-state index contributed by atoms with van der Waals surface area (Å²) in [6.45, 7) is 13.8. The highest BCUT2D eigenvalue weighted by atomic mass is 16.3. The SMILES string of the molecule is C=CC1(C)CCC(C(C)(O)CO)CC1C(=C)C. The smallest absolute Gasteiger partial charge is 0.0877 e. The fourth-order valence-electron chi connectivity index (χ4n) is 3.03. The molecule has 1 aliphatic carbocycles. The van der Waals surface area contributed by atoms with E-state index in [1.807, 2.05) is 13.0 Å². The minimum Gasteiger partial charge on any atom is -0.393 e. The monoisotopic (exact) mass is 238 g/mol. The molecule has 1 aliphatic rings. The van der Waals surface area contributed by atoms with E-state index in [0.29, 0.717) is 5.92 Å². The Labute approximate surface area is 105 Å². The van der Waals surface area contributed by atoms with Crippen molar-refractivity contribution >= 4 is 0 Å². The number of rotatable bonds is 4. The van der Waals surface area contributed by atoms with Gasteiger partial charge in [0.2, 0.25) is 0 Å². The van der Waals surface area contributed by atoms with Gasteiger partial charge in [-0.25, -0.2) is 0 Å². The van der Waals surface area contributed by atoms with E-state index in [0.717, 1.165) is 24.8 Å². The molecule has 4 atom stereocenters. The number of aliphatic hydroxyl groups excluding tert-OH is 1. The Morgan fingerprint density at radius 1 is 1.59 bits per heavy atom. The van der Waals surface area contributed by atoms with Crippen LogP contribution in [0.2, 0.25) is 0 Å². The molecule has 0 heterocycles. The van der Waals surface area contributed by atoms with Crippen molar-refractivity contribution in [2.45, 2.75) is 45.6 Å². The molecule has 2 heteroatoms. The highest BCUT2D eigenvalue weighted by molar-refractivity contribution is 5.13. The molecule has 98 valence electrons. The number of hydrogen-bond donors (Lipinski definition) is 2. The maximum Gasteiger partial charge on any atom is 0.0877 e. The Bertz CT molecular complexity index is 306. The summed E-state index contributed by atoms with van der Waals surface area (Å²) in [5.74, 6) is 0.485. The molecule has 0 radical (unpaired) electrons. The van der Waals surface area contributed by atoms with Gasteiger partial charge >= 0.3 is 0 Å². The van der Waals surface area contributed by atoms with E-state index in [1.54, 1.807) is 6.92 Å². The number of allylic oxidation sites excluding steroid dienone is 2. The van der Waals surface area contributed by atoms with Crippen molar-refractivity contribution in [1.29, 1.82) is 0 Å². The van der Waals surface area contributed by atoms with Crippen molar-refractivity contribution in [2.75, 3.05) is 6.61 Å². The Balaban J connectivity index is 2.90. The summed E-state index contributed by atoms with van der Waals surface area (Å²) in [7, 11) is 0.